The van der Waals surface area contributed by atoms with E-state index in [0.29, 0.717) is 54.3 Å². The summed E-state index contributed by atoms with van der Waals surface area (Å²) in [5, 5.41) is 21.8. The molecule has 4 aliphatic heterocycles. The Balaban J connectivity index is 0.000000170. The number of aromatic carboxylic acids is 2. The summed E-state index contributed by atoms with van der Waals surface area (Å²) in [5.74, 6) is -6.58. The molecule has 6 aliphatic rings. The van der Waals surface area contributed by atoms with Crippen LogP contribution in [0.3, 0.4) is 0 Å². The molecule has 4 aromatic rings. The first-order valence-corrected chi connectivity index (χ1v) is 20.5. The molecule has 336 valence electrons. The second-order valence-corrected chi connectivity index (χ2v) is 15.3. The van der Waals surface area contributed by atoms with Gasteiger partial charge >= 0.3 is 23.9 Å². The second kappa shape index (κ2) is 17.4. The van der Waals surface area contributed by atoms with Gasteiger partial charge in [0.2, 0.25) is 0 Å². The number of para-hydroxylation sites is 2. The fourth-order valence-corrected chi connectivity index (χ4v) is 7.94. The molecule has 4 heterocycles. The Labute approximate surface area is 380 Å². The van der Waals surface area contributed by atoms with Crippen molar-refractivity contribution in [3.63, 3.8) is 0 Å². The van der Waals surface area contributed by atoms with Gasteiger partial charge in [0, 0.05) is 70.8 Å². The van der Waals surface area contributed by atoms with Crippen LogP contribution < -0.4 is 10.9 Å². The van der Waals surface area contributed by atoms with Gasteiger partial charge in [0.1, 0.15) is 22.7 Å². The van der Waals surface area contributed by atoms with Gasteiger partial charge in [-0.3, -0.25) is 28.8 Å². The van der Waals surface area contributed by atoms with E-state index in [1.807, 2.05) is 0 Å². The van der Waals surface area contributed by atoms with Gasteiger partial charge in [0.05, 0.1) is 22.3 Å². The van der Waals surface area contributed by atoms with Crippen LogP contribution in [0.15, 0.2) is 140 Å². The van der Waals surface area contributed by atoms with Gasteiger partial charge in [-0.15, -0.1) is 10.1 Å². The minimum absolute atomic E-state index is 0.0531. The molecule has 0 radical (unpaired) electrons. The molecular formula is C50H30N2O16. The number of benzene rings is 6. The molecule has 10 rings (SSSR count). The zero-order valence-electron chi connectivity index (χ0n) is 34.9. The fraction of sp³-hybridized carbons (Fsp3) is 0.0800. The summed E-state index contributed by atoms with van der Waals surface area (Å²) in [6, 6.07) is 30.0. The highest BCUT2D eigenvalue weighted by atomic mass is 16.7. The highest BCUT2D eigenvalue weighted by Gasteiger charge is 2.35. The fourth-order valence-electron chi connectivity index (χ4n) is 7.94. The van der Waals surface area contributed by atoms with Crippen LogP contribution in [0.2, 0.25) is 0 Å². The number of imide groups is 2. The molecule has 0 bridgehead atoms. The van der Waals surface area contributed by atoms with Gasteiger partial charge < -0.3 is 28.7 Å². The minimum atomic E-state index is -1.31. The molecular weight excluding hydrogens is 885 g/mol. The van der Waals surface area contributed by atoms with Crippen molar-refractivity contribution in [1.82, 2.24) is 10.1 Å². The zero-order valence-corrected chi connectivity index (χ0v) is 34.9. The number of hydrogen-bond acceptors (Lipinski definition) is 14. The summed E-state index contributed by atoms with van der Waals surface area (Å²) >= 11 is 0. The Morgan fingerprint density at radius 1 is 0.441 bits per heavy atom. The van der Waals surface area contributed by atoms with Crippen molar-refractivity contribution >= 4 is 69.4 Å². The van der Waals surface area contributed by atoms with Crippen LogP contribution in [0.1, 0.15) is 67.1 Å². The summed E-state index contributed by atoms with van der Waals surface area (Å²) in [4.78, 5) is 130. The predicted molar refractivity (Wildman–Crippen MR) is 236 cm³/mol. The van der Waals surface area contributed by atoms with E-state index < -0.39 is 47.5 Å². The number of hydroxylamine groups is 4. The van der Waals surface area contributed by atoms with Gasteiger partial charge in [-0.2, -0.15) is 0 Å². The molecule has 0 atom stereocenters. The summed E-state index contributed by atoms with van der Waals surface area (Å²) in [7, 11) is 0. The number of hydrogen-bond donors (Lipinski definition) is 2. The van der Waals surface area contributed by atoms with E-state index in [9.17, 15) is 58.2 Å². The lowest BCUT2D eigenvalue weighted by atomic mass is 9.89. The number of amides is 4. The molecule has 2 N–H and O–H groups in total. The van der Waals surface area contributed by atoms with E-state index in [2.05, 4.69) is 0 Å². The summed E-state index contributed by atoms with van der Waals surface area (Å²) in [6.07, 6.45) is -0.226. The van der Waals surface area contributed by atoms with Gasteiger partial charge in [-0.1, -0.05) is 42.5 Å². The van der Waals surface area contributed by atoms with Gasteiger partial charge in [0.15, 0.2) is 10.9 Å². The van der Waals surface area contributed by atoms with Crippen LogP contribution in [0, 0.1) is 0 Å². The Morgan fingerprint density at radius 2 is 0.853 bits per heavy atom. The SMILES string of the molecule is O=C(ON1C(=O)CCC1=O)c1ccc(-c2c3ccc(=O)cc-3oc3ccccc23)c(C(=O)O)c1.O=C(ON1C(=O)CCC1=O)c1ccc(C(=O)O)c(-c2c3ccc(=O)cc-3oc3ccccc23)c1. The smallest absolute Gasteiger partial charge is 0.363 e. The Hall–Kier alpha value is -9.58. The minimum Gasteiger partial charge on any atom is -0.478 e. The Kier molecular flexibility index (Phi) is 11.2. The molecule has 0 aromatic heterocycles. The number of carbonyl (C=O) groups is 8. The molecule has 2 fully saturated rings. The second-order valence-electron chi connectivity index (χ2n) is 15.3. The molecule has 18 nitrogen and oxygen atoms in total. The standard InChI is InChI=1S/2C25H15NO8/c27-14-6-8-17-20(12-14)33-19-4-2-1-3-16(19)23(17)18-11-13(5-7-15(18)24(30)31)25(32)34-26-21(28)9-10-22(26)29;27-14-6-8-17-20(12-14)33-19-4-2-1-3-16(19)23(17)15-7-5-13(11-18(15)24(30)31)25(32)34-26-21(28)9-10-22(26)29/h2*1-8,11-12H,9-10H2,(H,30,31). The maximum Gasteiger partial charge on any atom is 0.363 e. The van der Waals surface area contributed by atoms with Crippen LogP contribution in [-0.4, -0.2) is 67.8 Å². The normalized spacial score (nSPS) is 13.6. The highest BCUT2D eigenvalue weighted by molar-refractivity contribution is 6.11. The molecule has 2 aliphatic carbocycles. The number of carboxylic acid groups (broad SMARTS) is 2. The van der Waals surface area contributed by atoms with E-state index in [-0.39, 0.29) is 81.4 Å². The molecule has 4 aromatic carbocycles. The monoisotopic (exact) mass is 914 g/mol. The number of carbonyl (C=O) groups excluding carboxylic acids is 6. The molecule has 0 spiro atoms. The molecule has 2 saturated heterocycles. The van der Waals surface area contributed by atoms with Crippen molar-refractivity contribution in [3.05, 3.63) is 164 Å². The Bertz CT molecular complexity index is 3540. The quantitative estimate of drug-likeness (QED) is 0.115. The average molecular weight is 915 g/mol. The molecule has 4 amide bonds. The van der Waals surface area contributed by atoms with Crippen LogP contribution >= 0.6 is 0 Å². The topological polar surface area (TPSA) is 262 Å². The third-order valence-electron chi connectivity index (χ3n) is 11.1. The van der Waals surface area contributed by atoms with Gasteiger partial charge in [-0.05, 0) is 77.9 Å². The summed E-state index contributed by atoms with van der Waals surface area (Å²) < 4.78 is 11.7. The van der Waals surface area contributed by atoms with Crippen LogP contribution in [0.4, 0.5) is 0 Å². The van der Waals surface area contributed by atoms with Crippen molar-refractivity contribution in [1.29, 1.82) is 0 Å². The largest absolute Gasteiger partial charge is 0.478 e. The molecule has 18 heteroatoms. The molecule has 68 heavy (non-hydrogen) atoms. The molecule has 0 saturated carbocycles. The number of nitrogens with zero attached hydrogens (tertiary/aromatic N) is 2. The van der Waals surface area contributed by atoms with Crippen molar-refractivity contribution in [3.8, 4) is 44.9 Å². The van der Waals surface area contributed by atoms with Crippen LogP contribution in [0.25, 0.3) is 66.8 Å². The summed E-state index contributed by atoms with van der Waals surface area (Å²) in [5.41, 5.74) is 2.19. The van der Waals surface area contributed by atoms with Gasteiger partial charge in [0.25, 0.3) is 23.6 Å². The first-order valence-electron chi connectivity index (χ1n) is 20.5. The van der Waals surface area contributed by atoms with Crippen molar-refractivity contribution in [2.24, 2.45) is 0 Å². The van der Waals surface area contributed by atoms with Crippen LogP contribution in [-0.2, 0) is 28.9 Å². The van der Waals surface area contributed by atoms with E-state index >= 15 is 0 Å². The predicted octanol–water partition coefficient (Wildman–Crippen LogP) is 6.97. The van der Waals surface area contributed by atoms with Crippen molar-refractivity contribution in [2.75, 3.05) is 0 Å². The third-order valence-corrected chi connectivity index (χ3v) is 11.1. The maximum atomic E-state index is 12.8. The van der Waals surface area contributed by atoms with Crippen molar-refractivity contribution in [2.45, 2.75) is 25.7 Å². The number of carboxylic acids is 2. The highest BCUT2D eigenvalue weighted by Crippen LogP contribution is 2.43. The van der Waals surface area contributed by atoms with Crippen molar-refractivity contribution < 1.29 is 67.1 Å². The number of rotatable bonds is 8. The maximum absolute atomic E-state index is 12.8. The van der Waals surface area contributed by atoms with E-state index in [0.717, 1.165) is 6.07 Å². The lowest BCUT2D eigenvalue weighted by Gasteiger charge is -2.18. The number of fused-ring (bicyclic) bond motifs is 4. The third kappa shape index (κ3) is 8.08. The lowest BCUT2D eigenvalue weighted by Crippen LogP contribution is -2.32. The molecule has 0 unspecified atom stereocenters. The van der Waals surface area contributed by atoms with E-state index in [4.69, 9.17) is 18.5 Å². The first-order chi connectivity index (χ1) is 32.7. The summed E-state index contributed by atoms with van der Waals surface area (Å²) in [6.45, 7) is 0. The van der Waals surface area contributed by atoms with E-state index in [1.54, 1.807) is 54.6 Å². The zero-order chi connectivity index (χ0) is 48.0. The average Bonchev–Trinajstić information content (AvgIpc) is 3.82. The lowest BCUT2D eigenvalue weighted by molar-refractivity contribution is -0.173. The van der Waals surface area contributed by atoms with Crippen LogP contribution in [0.5, 0.6) is 0 Å². The first kappa shape index (κ1) is 43.7. The Morgan fingerprint density at radius 3 is 1.32 bits per heavy atom. The van der Waals surface area contributed by atoms with E-state index in [1.165, 1.54) is 60.7 Å². The van der Waals surface area contributed by atoms with Gasteiger partial charge in [-0.25, -0.2) is 19.2 Å².